The lowest BCUT2D eigenvalue weighted by atomic mass is 9.87. The average Bonchev–Trinajstić information content (AvgIpc) is 3.12. The Labute approximate surface area is 198 Å². The second-order valence-electron chi connectivity index (χ2n) is 9.13. The standard InChI is InChI=1S/C24H31ClN4O2S/c1-2-29(14-16-6-4-3-5-7-16)13-12-19-20(15-29)32-23(21(19)22(26)30)28-24(31)27-18-10-8-17(25)9-11-18/h8-11,16H,2-7,12-15H2,1H3,(H3-,26,27,28,30,31)/p+1. The Morgan fingerprint density at radius 1 is 1.16 bits per heavy atom. The molecule has 0 saturated heterocycles. The van der Waals surface area contributed by atoms with Gasteiger partial charge in [-0.3, -0.25) is 10.1 Å². The number of anilines is 2. The Morgan fingerprint density at radius 2 is 1.88 bits per heavy atom. The third kappa shape index (κ3) is 5.11. The van der Waals surface area contributed by atoms with Crippen LogP contribution < -0.4 is 16.4 Å². The van der Waals surface area contributed by atoms with Crippen molar-refractivity contribution in [3.8, 4) is 0 Å². The highest BCUT2D eigenvalue weighted by Gasteiger charge is 2.38. The molecule has 0 radical (unpaired) electrons. The molecule has 1 fully saturated rings. The van der Waals surface area contributed by atoms with Gasteiger partial charge in [-0.05, 0) is 49.6 Å². The molecule has 0 spiro atoms. The Hall–Kier alpha value is -2.09. The largest absolute Gasteiger partial charge is 0.365 e. The first-order valence-corrected chi connectivity index (χ1v) is 12.7. The maximum Gasteiger partial charge on any atom is 0.324 e. The minimum atomic E-state index is -0.479. The maximum atomic E-state index is 12.6. The zero-order chi connectivity index (χ0) is 22.7. The molecule has 4 N–H and O–H groups in total. The number of likely N-dealkylation sites (N-methyl/N-ethyl adjacent to an activating group) is 1. The predicted octanol–water partition coefficient (Wildman–Crippen LogP) is 5.62. The van der Waals surface area contributed by atoms with Gasteiger partial charge in [-0.1, -0.05) is 30.9 Å². The van der Waals surface area contributed by atoms with Crippen molar-refractivity contribution < 1.29 is 14.1 Å². The van der Waals surface area contributed by atoms with Crippen LogP contribution in [0.5, 0.6) is 0 Å². The zero-order valence-corrected chi connectivity index (χ0v) is 20.2. The third-order valence-corrected chi connectivity index (χ3v) is 8.41. The molecule has 6 nitrogen and oxygen atoms in total. The fourth-order valence-corrected chi connectivity index (χ4v) is 6.76. The van der Waals surface area contributed by atoms with E-state index in [4.69, 9.17) is 17.3 Å². The quantitative estimate of drug-likeness (QED) is 0.474. The van der Waals surface area contributed by atoms with Crippen molar-refractivity contribution in [3.63, 3.8) is 0 Å². The molecule has 1 saturated carbocycles. The normalized spacial score (nSPS) is 21.1. The molecule has 2 aromatic rings. The first-order chi connectivity index (χ1) is 15.4. The highest BCUT2D eigenvalue weighted by Crippen LogP contribution is 2.40. The van der Waals surface area contributed by atoms with E-state index in [1.165, 1.54) is 54.9 Å². The van der Waals surface area contributed by atoms with Gasteiger partial charge in [-0.2, -0.15) is 0 Å². The van der Waals surface area contributed by atoms with Crippen LogP contribution in [0.25, 0.3) is 0 Å². The lowest BCUT2D eigenvalue weighted by Gasteiger charge is -2.43. The first-order valence-electron chi connectivity index (χ1n) is 11.5. The number of benzene rings is 1. The summed E-state index contributed by atoms with van der Waals surface area (Å²) in [5.41, 5.74) is 7.88. The number of thiophene rings is 1. The Kier molecular flexibility index (Phi) is 7.08. The number of nitrogens with zero attached hydrogens (tertiary/aromatic N) is 1. The Bertz CT molecular complexity index is 985. The first kappa shape index (κ1) is 23.1. The smallest absolute Gasteiger partial charge is 0.324 e. The van der Waals surface area contributed by atoms with Crippen LogP contribution in [0.1, 0.15) is 59.8 Å². The van der Waals surface area contributed by atoms with Gasteiger partial charge in [-0.25, -0.2) is 4.79 Å². The number of nitrogens with two attached hydrogens (primary N) is 1. The molecular weight excluding hydrogens is 444 g/mol. The number of primary amides is 1. The predicted molar refractivity (Wildman–Crippen MR) is 131 cm³/mol. The topological polar surface area (TPSA) is 84.2 Å². The Balaban J connectivity index is 1.52. The monoisotopic (exact) mass is 475 g/mol. The van der Waals surface area contributed by atoms with Gasteiger partial charge in [0, 0.05) is 23.0 Å². The molecule has 4 rings (SSSR count). The zero-order valence-electron chi connectivity index (χ0n) is 18.6. The summed E-state index contributed by atoms with van der Waals surface area (Å²) < 4.78 is 1.06. The number of rotatable bonds is 6. The molecule has 3 amide bonds. The van der Waals surface area contributed by atoms with E-state index in [0.717, 1.165) is 42.0 Å². The van der Waals surface area contributed by atoms with Gasteiger partial charge < -0.3 is 15.5 Å². The van der Waals surface area contributed by atoms with Gasteiger partial charge in [0.2, 0.25) is 0 Å². The van der Waals surface area contributed by atoms with Gasteiger partial charge in [0.1, 0.15) is 11.5 Å². The number of fused-ring (bicyclic) bond motifs is 1. The fourth-order valence-electron chi connectivity index (χ4n) is 5.26. The summed E-state index contributed by atoms with van der Waals surface area (Å²) in [6, 6.07) is 6.49. The molecular formula is C24H32ClN4O2S+. The molecule has 1 unspecified atom stereocenters. The van der Waals surface area contributed by atoms with E-state index in [1.807, 2.05) is 0 Å². The van der Waals surface area contributed by atoms with Crippen LogP contribution in [-0.4, -0.2) is 36.1 Å². The number of hydrogen-bond acceptors (Lipinski definition) is 3. The highest BCUT2D eigenvalue weighted by atomic mass is 35.5. The van der Waals surface area contributed by atoms with Crippen molar-refractivity contribution in [1.29, 1.82) is 0 Å². The minimum Gasteiger partial charge on any atom is -0.365 e. The van der Waals surface area contributed by atoms with Gasteiger partial charge >= 0.3 is 6.03 Å². The average molecular weight is 476 g/mol. The fraction of sp³-hybridized carbons (Fsp3) is 0.500. The van der Waals surface area contributed by atoms with Crippen molar-refractivity contribution >= 4 is 45.6 Å². The van der Waals surface area contributed by atoms with Crippen LogP contribution >= 0.6 is 22.9 Å². The van der Waals surface area contributed by atoms with Crippen LogP contribution in [0.3, 0.4) is 0 Å². The van der Waals surface area contributed by atoms with Crippen molar-refractivity contribution in [3.05, 3.63) is 45.3 Å². The summed E-state index contributed by atoms with van der Waals surface area (Å²) in [5, 5.41) is 6.80. The van der Waals surface area contributed by atoms with E-state index < -0.39 is 11.9 Å². The molecule has 1 aromatic heterocycles. The molecule has 2 aliphatic rings. The lowest BCUT2D eigenvalue weighted by molar-refractivity contribution is -0.944. The number of nitrogens with one attached hydrogen (secondary N) is 2. The molecule has 32 heavy (non-hydrogen) atoms. The highest BCUT2D eigenvalue weighted by molar-refractivity contribution is 7.17. The molecule has 8 heteroatoms. The summed E-state index contributed by atoms with van der Waals surface area (Å²) in [4.78, 5) is 26.1. The summed E-state index contributed by atoms with van der Waals surface area (Å²) in [5.74, 6) is 0.316. The molecule has 0 bridgehead atoms. The molecule has 1 aliphatic heterocycles. The van der Waals surface area contributed by atoms with E-state index >= 15 is 0 Å². The summed E-state index contributed by atoms with van der Waals surface area (Å²) in [6.07, 6.45) is 7.56. The number of carbonyl (C=O) groups excluding carboxylic acids is 2. The van der Waals surface area contributed by atoms with Crippen LogP contribution in [0, 0.1) is 5.92 Å². The summed E-state index contributed by atoms with van der Waals surface area (Å²) in [7, 11) is 0. The van der Waals surface area contributed by atoms with E-state index in [0.29, 0.717) is 21.3 Å². The number of halogens is 1. The van der Waals surface area contributed by atoms with Crippen molar-refractivity contribution in [2.24, 2.45) is 11.7 Å². The van der Waals surface area contributed by atoms with Crippen molar-refractivity contribution in [2.75, 3.05) is 30.3 Å². The molecule has 1 aliphatic carbocycles. The van der Waals surface area contributed by atoms with Gasteiger partial charge in [0.05, 0.1) is 30.1 Å². The van der Waals surface area contributed by atoms with E-state index in [1.54, 1.807) is 24.3 Å². The van der Waals surface area contributed by atoms with E-state index in [2.05, 4.69) is 17.6 Å². The van der Waals surface area contributed by atoms with Crippen LogP contribution in [0.2, 0.25) is 5.02 Å². The van der Waals surface area contributed by atoms with E-state index in [9.17, 15) is 9.59 Å². The SMILES string of the molecule is CC[N+]1(CC2CCCCC2)CCc2c(sc(NC(=O)Nc3ccc(Cl)cc3)c2C(N)=O)C1. The molecule has 2 heterocycles. The number of quaternary nitrogens is 1. The van der Waals surface area contributed by atoms with Gasteiger partial charge in [0.25, 0.3) is 5.91 Å². The lowest BCUT2D eigenvalue weighted by Crippen LogP contribution is -2.53. The number of urea groups is 1. The summed E-state index contributed by atoms with van der Waals surface area (Å²) in [6.45, 7) is 6.50. The van der Waals surface area contributed by atoms with Gasteiger partial charge in [0.15, 0.2) is 0 Å². The molecule has 1 aromatic carbocycles. The number of hydrogen-bond donors (Lipinski definition) is 3. The molecule has 1 atom stereocenters. The number of amides is 3. The number of carbonyl (C=O) groups is 2. The minimum absolute atomic E-state index is 0.396. The van der Waals surface area contributed by atoms with Crippen molar-refractivity contribution in [2.45, 2.75) is 52.0 Å². The second kappa shape index (κ2) is 9.81. The van der Waals surface area contributed by atoms with Crippen LogP contribution in [-0.2, 0) is 13.0 Å². The second-order valence-corrected chi connectivity index (χ2v) is 10.7. The van der Waals surface area contributed by atoms with E-state index in [-0.39, 0.29) is 0 Å². The van der Waals surface area contributed by atoms with Gasteiger partial charge in [-0.15, -0.1) is 11.3 Å². The summed E-state index contributed by atoms with van der Waals surface area (Å²) >= 11 is 7.41. The maximum absolute atomic E-state index is 12.6. The third-order valence-electron chi connectivity index (χ3n) is 7.02. The molecule has 172 valence electrons. The van der Waals surface area contributed by atoms with Crippen LogP contribution in [0.4, 0.5) is 15.5 Å². The Morgan fingerprint density at radius 3 is 2.53 bits per heavy atom. The van der Waals surface area contributed by atoms with Crippen LogP contribution in [0.15, 0.2) is 24.3 Å². The van der Waals surface area contributed by atoms with Crippen molar-refractivity contribution in [1.82, 2.24) is 0 Å².